The first-order valence-corrected chi connectivity index (χ1v) is 6.53. The highest BCUT2D eigenvalue weighted by molar-refractivity contribution is 5.94. The Kier molecular flexibility index (Phi) is 2.78. The van der Waals surface area contributed by atoms with Crippen LogP contribution in [0.2, 0.25) is 0 Å². The predicted molar refractivity (Wildman–Crippen MR) is 68.4 cm³/mol. The van der Waals surface area contributed by atoms with Crippen LogP contribution in [0.1, 0.15) is 36.3 Å². The lowest BCUT2D eigenvalue weighted by Gasteiger charge is -2.33. The number of ether oxygens (including phenoxy) is 1. The van der Waals surface area contributed by atoms with Gasteiger partial charge in [0.05, 0.1) is 24.9 Å². The van der Waals surface area contributed by atoms with Crippen molar-refractivity contribution in [3.63, 3.8) is 0 Å². The molecule has 2 aliphatic rings. The maximum absolute atomic E-state index is 12.6. The highest BCUT2D eigenvalue weighted by atomic mass is 16.5. The average molecular weight is 249 g/mol. The minimum atomic E-state index is 0.0781. The highest BCUT2D eigenvalue weighted by Gasteiger charge is 2.31. The van der Waals surface area contributed by atoms with Crippen LogP contribution in [0.15, 0.2) is 12.3 Å². The third-order valence-corrected chi connectivity index (χ3v) is 3.66. The first-order valence-electron chi connectivity index (χ1n) is 6.53. The number of hydrogen-bond acceptors (Lipinski definition) is 3. The van der Waals surface area contributed by atoms with Crippen LogP contribution in [0.5, 0.6) is 0 Å². The van der Waals surface area contributed by atoms with Crippen molar-refractivity contribution in [3.8, 4) is 0 Å². The number of carbonyl (C=O) groups is 1. The van der Waals surface area contributed by atoms with Crippen molar-refractivity contribution in [1.29, 1.82) is 0 Å². The molecule has 1 aromatic rings. The van der Waals surface area contributed by atoms with E-state index >= 15 is 0 Å². The molecule has 3 rings (SSSR count). The third kappa shape index (κ3) is 1.99. The second-order valence-electron chi connectivity index (χ2n) is 5.22. The molecule has 2 N–H and O–H groups in total. The fraction of sp³-hybridized carbons (Fsp3) is 0.615. The normalized spacial score (nSPS) is 24.3. The second-order valence-corrected chi connectivity index (χ2v) is 5.22. The molecule has 2 fully saturated rings. The molecule has 1 aliphatic heterocycles. The lowest BCUT2D eigenvalue weighted by atomic mass is 10.2. The van der Waals surface area contributed by atoms with E-state index < -0.39 is 0 Å². The molecule has 98 valence electrons. The zero-order valence-corrected chi connectivity index (χ0v) is 10.6. The zero-order chi connectivity index (χ0) is 12.7. The van der Waals surface area contributed by atoms with E-state index in [1.165, 1.54) is 0 Å². The third-order valence-electron chi connectivity index (χ3n) is 3.66. The van der Waals surface area contributed by atoms with Gasteiger partial charge in [-0.25, -0.2) is 0 Å². The van der Waals surface area contributed by atoms with Crippen LogP contribution in [-0.2, 0) is 4.74 Å². The topological polar surface area (TPSA) is 60.5 Å². The number of nitrogens with zero attached hydrogens (tertiary/aromatic N) is 2. The summed E-state index contributed by atoms with van der Waals surface area (Å²) in [7, 11) is 0. The molecular formula is C13H19N3O2. The van der Waals surface area contributed by atoms with E-state index in [0.29, 0.717) is 31.5 Å². The highest BCUT2D eigenvalue weighted by Crippen LogP contribution is 2.37. The van der Waals surface area contributed by atoms with E-state index in [1.54, 1.807) is 6.07 Å². The van der Waals surface area contributed by atoms with Crippen LogP contribution in [0.4, 0.5) is 5.69 Å². The van der Waals surface area contributed by atoms with E-state index in [9.17, 15) is 4.79 Å². The minimum absolute atomic E-state index is 0.0781. The van der Waals surface area contributed by atoms with Crippen LogP contribution in [-0.4, -0.2) is 41.2 Å². The van der Waals surface area contributed by atoms with Gasteiger partial charge in [0.25, 0.3) is 5.91 Å². The maximum atomic E-state index is 12.6. The number of nitrogen functional groups attached to an aromatic ring is 1. The lowest BCUT2D eigenvalue weighted by molar-refractivity contribution is 0.00301. The van der Waals surface area contributed by atoms with Crippen molar-refractivity contribution >= 4 is 11.6 Å². The summed E-state index contributed by atoms with van der Waals surface area (Å²) in [5, 5.41) is 0. The molecule has 0 spiro atoms. The summed E-state index contributed by atoms with van der Waals surface area (Å²) in [6.07, 6.45) is 4.18. The Balaban J connectivity index is 1.86. The Hall–Kier alpha value is -1.49. The van der Waals surface area contributed by atoms with E-state index in [1.807, 2.05) is 22.6 Å². The van der Waals surface area contributed by atoms with Crippen molar-refractivity contribution < 1.29 is 9.53 Å². The Bertz CT molecular complexity index is 465. The molecule has 1 saturated carbocycles. The van der Waals surface area contributed by atoms with Crippen molar-refractivity contribution in [2.24, 2.45) is 0 Å². The van der Waals surface area contributed by atoms with Gasteiger partial charge in [0.2, 0.25) is 0 Å². The summed E-state index contributed by atoms with van der Waals surface area (Å²) in [4.78, 5) is 14.5. The Morgan fingerprint density at radius 2 is 2.28 bits per heavy atom. The van der Waals surface area contributed by atoms with Crippen molar-refractivity contribution in [2.75, 3.05) is 25.5 Å². The zero-order valence-electron chi connectivity index (χ0n) is 10.6. The summed E-state index contributed by atoms with van der Waals surface area (Å²) in [6.45, 7) is 3.92. The first kappa shape index (κ1) is 11.6. The fourth-order valence-electron chi connectivity index (χ4n) is 2.50. The molecule has 1 unspecified atom stereocenters. The molecule has 18 heavy (non-hydrogen) atoms. The SMILES string of the molecule is CC1COCCN1C(=O)c1cc(N)cn1C1CC1. The van der Waals surface area contributed by atoms with Gasteiger partial charge in [0.15, 0.2) is 0 Å². The maximum Gasteiger partial charge on any atom is 0.270 e. The van der Waals surface area contributed by atoms with E-state index in [2.05, 4.69) is 0 Å². The number of rotatable bonds is 2. The van der Waals surface area contributed by atoms with Crippen LogP contribution in [0.3, 0.4) is 0 Å². The smallest absolute Gasteiger partial charge is 0.270 e. The molecule has 1 saturated heterocycles. The van der Waals surface area contributed by atoms with Gasteiger partial charge in [0, 0.05) is 18.8 Å². The average Bonchev–Trinajstić information content (AvgIpc) is 3.12. The van der Waals surface area contributed by atoms with E-state index in [4.69, 9.17) is 10.5 Å². The number of aromatic nitrogens is 1. The fourth-order valence-corrected chi connectivity index (χ4v) is 2.50. The predicted octanol–water partition coefficient (Wildman–Crippen LogP) is 1.27. The molecule has 5 nitrogen and oxygen atoms in total. The molecule has 1 aliphatic carbocycles. The van der Waals surface area contributed by atoms with Gasteiger partial charge < -0.3 is 19.9 Å². The number of hydrogen-bond donors (Lipinski definition) is 1. The molecule has 1 atom stereocenters. The number of nitrogens with two attached hydrogens (primary N) is 1. The summed E-state index contributed by atoms with van der Waals surface area (Å²) in [5.74, 6) is 0.0781. The first-order chi connectivity index (χ1) is 8.66. The standard InChI is InChI=1S/C13H19N3O2/c1-9-8-18-5-4-15(9)13(17)12-6-10(14)7-16(12)11-2-3-11/h6-7,9,11H,2-5,8,14H2,1H3. The van der Waals surface area contributed by atoms with Gasteiger partial charge in [-0.2, -0.15) is 0 Å². The van der Waals surface area contributed by atoms with Gasteiger partial charge in [-0.3, -0.25) is 4.79 Å². The van der Waals surface area contributed by atoms with Crippen LogP contribution in [0, 0.1) is 0 Å². The Morgan fingerprint density at radius 1 is 1.50 bits per heavy atom. The monoisotopic (exact) mass is 249 g/mol. The summed E-state index contributed by atoms with van der Waals surface area (Å²) >= 11 is 0. The van der Waals surface area contributed by atoms with Gasteiger partial charge in [-0.15, -0.1) is 0 Å². The lowest BCUT2D eigenvalue weighted by Crippen LogP contribution is -2.47. The summed E-state index contributed by atoms with van der Waals surface area (Å²) < 4.78 is 7.41. The van der Waals surface area contributed by atoms with E-state index in [-0.39, 0.29) is 11.9 Å². The largest absolute Gasteiger partial charge is 0.397 e. The van der Waals surface area contributed by atoms with Crippen LogP contribution < -0.4 is 5.73 Å². The van der Waals surface area contributed by atoms with Crippen molar-refractivity contribution in [3.05, 3.63) is 18.0 Å². The van der Waals surface area contributed by atoms with Crippen molar-refractivity contribution in [1.82, 2.24) is 9.47 Å². The van der Waals surface area contributed by atoms with Gasteiger partial charge in [-0.1, -0.05) is 0 Å². The Morgan fingerprint density at radius 3 is 2.94 bits per heavy atom. The molecule has 1 aromatic heterocycles. The quantitative estimate of drug-likeness (QED) is 0.858. The number of anilines is 1. The number of amides is 1. The van der Waals surface area contributed by atoms with Gasteiger partial charge in [-0.05, 0) is 25.8 Å². The molecule has 0 aromatic carbocycles. The number of morpholine rings is 1. The van der Waals surface area contributed by atoms with Gasteiger partial charge in [0.1, 0.15) is 5.69 Å². The molecule has 0 radical (unpaired) electrons. The second kappa shape index (κ2) is 4.31. The van der Waals surface area contributed by atoms with Gasteiger partial charge >= 0.3 is 0 Å². The minimum Gasteiger partial charge on any atom is -0.397 e. The summed E-state index contributed by atoms with van der Waals surface area (Å²) in [6, 6.07) is 2.40. The molecule has 2 heterocycles. The summed E-state index contributed by atoms with van der Waals surface area (Å²) in [5.41, 5.74) is 7.23. The molecule has 1 amide bonds. The van der Waals surface area contributed by atoms with Crippen molar-refractivity contribution in [2.45, 2.75) is 31.8 Å². The van der Waals surface area contributed by atoms with Crippen LogP contribution >= 0.6 is 0 Å². The Labute approximate surface area is 106 Å². The number of carbonyl (C=O) groups excluding carboxylic acids is 1. The molecule has 0 bridgehead atoms. The molecule has 5 heteroatoms. The van der Waals surface area contributed by atoms with Crippen LogP contribution in [0.25, 0.3) is 0 Å². The van der Waals surface area contributed by atoms with E-state index in [0.717, 1.165) is 18.5 Å². The molecular weight excluding hydrogens is 230 g/mol.